The third-order valence-electron chi connectivity index (χ3n) is 4.13. The van der Waals surface area contributed by atoms with Crippen molar-refractivity contribution in [3.05, 3.63) is 30.0 Å². The molecule has 0 aliphatic carbocycles. The van der Waals surface area contributed by atoms with E-state index in [2.05, 4.69) is 20.4 Å². The molecule has 1 aromatic carbocycles. The third kappa shape index (κ3) is 2.39. The quantitative estimate of drug-likeness (QED) is 0.905. The number of nitrogens with zero attached hydrogens (tertiary/aromatic N) is 3. The van der Waals surface area contributed by atoms with Crippen LogP contribution in [0.4, 0.5) is 5.82 Å². The summed E-state index contributed by atoms with van der Waals surface area (Å²) in [6.45, 7) is 5.38. The lowest BCUT2D eigenvalue weighted by Crippen LogP contribution is -2.58. The first-order valence-corrected chi connectivity index (χ1v) is 7.38. The summed E-state index contributed by atoms with van der Waals surface area (Å²) in [5.74, 6) is 0.682. The van der Waals surface area contributed by atoms with E-state index in [-0.39, 0.29) is 5.91 Å². The van der Waals surface area contributed by atoms with Gasteiger partial charge in [-0.05, 0) is 13.8 Å². The number of ether oxygens (including phenoxy) is 1. The van der Waals surface area contributed by atoms with Crippen LogP contribution >= 0.6 is 0 Å². The maximum Gasteiger partial charge on any atom is 0.253 e. The van der Waals surface area contributed by atoms with Gasteiger partial charge in [0.1, 0.15) is 0 Å². The molecule has 6 heteroatoms. The summed E-state index contributed by atoms with van der Waals surface area (Å²) >= 11 is 0. The molecule has 1 aromatic heterocycles. The van der Waals surface area contributed by atoms with Crippen molar-refractivity contribution in [2.24, 2.45) is 0 Å². The average Bonchev–Trinajstić information content (AvgIpc) is 2.54. The fourth-order valence-corrected chi connectivity index (χ4v) is 2.91. The van der Waals surface area contributed by atoms with Crippen LogP contribution in [0.2, 0.25) is 0 Å². The zero-order chi connectivity index (χ0) is 15.7. The minimum atomic E-state index is -0.874. The van der Waals surface area contributed by atoms with Crippen molar-refractivity contribution in [2.45, 2.75) is 19.4 Å². The van der Waals surface area contributed by atoms with Crippen LogP contribution in [0, 0.1) is 6.92 Å². The van der Waals surface area contributed by atoms with Crippen molar-refractivity contribution in [1.82, 2.24) is 15.5 Å². The van der Waals surface area contributed by atoms with Gasteiger partial charge >= 0.3 is 0 Å². The van der Waals surface area contributed by atoms with Crippen LogP contribution < -0.4 is 10.2 Å². The Morgan fingerprint density at radius 1 is 1.32 bits per heavy atom. The number of carbonyl (C=O) groups is 1. The number of benzene rings is 1. The Hall–Kier alpha value is -2.21. The number of carbonyl (C=O) groups excluding carboxylic acids is 1. The second kappa shape index (κ2) is 5.53. The molecule has 1 aliphatic rings. The molecule has 1 aliphatic heterocycles. The van der Waals surface area contributed by atoms with Crippen molar-refractivity contribution < 1.29 is 9.53 Å². The van der Waals surface area contributed by atoms with Crippen LogP contribution in [0.1, 0.15) is 12.6 Å². The minimum Gasteiger partial charge on any atom is -0.362 e. The molecule has 6 nitrogen and oxygen atoms in total. The Labute approximate surface area is 129 Å². The van der Waals surface area contributed by atoms with Gasteiger partial charge in [-0.15, -0.1) is 5.10 Å². The van der Waals surface area contributed by atoms with Crippen LogP contribution in [0.3, 0.4) is 0 Å². The Morgan fingerprint density at radius 2 is 2.05 bits per heavy atom. The maximum atomic E-state index is 12.1. The summed E-state index contributed by atoms with van der Waals surface area (Å²) in [5.41, 5.74) is 0.0300. The van der Waals surface area contributed by atoms with Crippen LogP contribution in [0.5, 0.6) is 0 Å². The number of amides is 1. The highest BCUT2D eigenvalue weighted by molar-refractivity contribution is 5.94. The Kier molecular flexibility index (Phi) is 3.70. The first-order chi connectivity index (χ1) is 10.5. The number of aromatic nitrogens is 2. The van der Waals surface area contributed by atoms with Crippen molar-refractivity contribution in [2.75, 3.05) is 31.6 Å². The largest absolute Gasteiger partial charge is 0.362 e. The number of rotatable bonds is 2. The summed E-state index contributed by atoms with van der Waals surface area (Å²) in [4.78, 5) is 14.2. The number of hydrogen-bond acceptors (Lipinski definition) is 5. The summed E-state index contributed by atoms with van der Waals surface area (Å²) in [7, 11) is 1.62. The zero-order valence-electron chi connectivity index (χ0n) is 13.1. The molecule has 0 spiro atoms. The normalized spacial score (nSPS) is 21.9. The third-order valence-corrected chi connectivity index (χ3v) is 4.13. The van der Waals surface area contributed by atoms with E-state index in [4.69, 9.17) is 4.74 Å². The monoisotopic (exact) mass is 300 g/mol. The van der Waals surface area contributed by atoms with Gasteiger partial charge in [-0.1, -0.05) is 24.3 Å². The second-order valence-electron chi connectivity index (χ2n) is 5.73. The number of fused-ring (bicyclic) bond motifs is 1. The van der Waals surface area contributed by atoms with Crippen LogP contribution in [-0.2, 0) is 9.53 Å². The fraction of sp³-hybridized carbons (Fsp3) is 0.438. The topological polar surface area (TPSA) is 67.4 Å². The number of anilines is 1. The Morgan fingerprint density at radius 3 is 2.77 bits per heavy atom. The van der Waals surface area contributed by atoms with Crippen molar-refractivity contribution in [3.63, 3.8) is 0 Å². The number of aryl methyl sites for hydroxylation is 1. The van der Waals surface area contributed by atoms with E-state index in [1.54, 1.807) is 7.05 Å². The molecule has 22 heavy (non-hydrogen) atoms. The van der Waals surface area contributed by atoms with E-state index in [0.717, 1.165) is 22.3 Å². The van der Waals surface area contributed by atoms with E-state index < -0.39 is 5.60 Å². The Balaban J connectivity index is 2.01. The first kappa shape index (κ1) is 14.7. The lowest BCUT2D eigenvalue weighted by Gasteiger charge is -2.39. The minimum absolute atomic E-state index is 0.124. The summed E-state index contributed by atoms with van der Waals surface area (Å²) < 4.78 is 5.70. The number of hydrogen-bond donors (Lipinski definition) is 1. The highest BCUT2D eigenvalue weighted by atomic mass is 16.5. The molecule has 0 unspecified atom stereocenters. The van der Waals surface area contributed by atoms with Gasteiger partial charge in [-0.2, -0.15) is 5.10 Å². The molecule has 1 amide bonds. The molecule has 1 N–H and O–H groups in total. The molecule has 2 heterocycles. The maximum absolute atomic E-state index is 12.1. The number of nitrogens with one attached hydrogen (secondary N) is 1. The van der Waals surface area contributed by atoms with Gasteiger partial charge in [0.25, 0.3) is 5.91 Å². The summed E-state index contributed by atoms with van der Waals surface area (Å²) in [6, 6.07) is 8.07. The van der Waals surface area contributed by atoms with Gasteiger partial charge in [0.15, 0.2) is 11.4 Å². The smallest absolute Gasteiger partial charge is 0.253 e. The van der Waals surface area contributed by atoms with Crippen molar-refractivity contribution in [1.29, 1.82) is 0 Å². The van der Waals surface area contributed by atoms with E-state index >= 15 is 0 Å². The van der Waals surface area contributed by atoms with E-state index in [0.29, 0.717) is 19.7 Å². The number of likely N-dealkylation sites (N-methyl/N-ethyl adjacent to an activating group) is 1. The van der Waals surface area contributed by atoms with Crippen molar-refractivity contribution in [3.8, 4) is 0 Å². The predicted molar refractivity (Wildman–Crippen MR) is 84.9 cm³/mol. The molecule has 116 valence electrons. The molecule has 0 saturated carbocycles. The van der Waals surface area contributed by atoms with Crippen LogP contribution in [0.25, 0.3) is 10.8 Å². The second-order valence-corrected chi connectivity index (χ2v) is 5.73. The van der Waals surface area contributed by atoms with Crippen molar-refractivity contribution >= 4 is 22.5 Å². The zero-order valence-corrected chi connectivity index (χ0v) is 13.1. The summed E-state index contributed by atoms with van der Waals surface area (Å²) in [6.07, 6.45) is 0. The lowest BCUT2D eigenvalue weighted by molar-refractivity contribution is -0.145. The SMILES string of the molecule is CNC(=O)[C@]1(C)CN(c2nnc(C)c3ccccc23)CCO1. The molecule has 1 saturated heterocycles. The van der Waals surface area contributed by atoms with Gasteiger partial charge in [0.05, 0.1) is 18.8 Å². The molecular weight excluding hydrogens is 280 g/mol. The van der Waals surface area contributed by atoms with Gasteiger partial charge in [0, 0.05) is 24.4 Å². The number of morpholine rings is 1. The highest BCUT2D eigenvalue weighted by Gasteiger charge is 2.39. The van der Waals surface area contributed by atoms with E-state index in [1.165, 1.54) is 0 Å². The molecule has 2 aromatic rings. The van der Waals surface area contributed by atoms with E-state index in [9.17, 15) is 4.79 Å². The van der Waals surface area contributed by atoms with Gasteiger partial charge < -0.3 is 15.0 Å². The Bertz CT molecular complexity index is 718. The molecule has 1 atom stereocenters. The molecular formula is C16H20N4O2. The highest BCUT2D eigenvalue weighted by Crippen LogP contribution is 2.29. The van der Waals surface area contributed by atoms with Gasteiger partial charge in [-0.25, -0.2) is 0 Å². The first-order valence-electron chi connectivity index (χ1n) is 7.38. The van der Waals surface area contributed by atoms with Crippen LogP contribution in [0.15, 0.2) is 24.3 Å². The molecule has 0 bridgehead atoms. The van der Waals surface area contributed by atoms with Crippen LogP contribution in [-0.4, -0.2) is 48.4 Å². The average molecular weight is 300 g/mol. The molecule has 1 fully saturated rings. The molecule has 3 rings (SSSR count). The predicted octanol–water partition coefficient (Wildman–Crippen LogP) is 1.28. The summed E-state index contributed by atoms with van der Waals surface area (Å²) in [5, 5.41) is 13.4. The molecule has 0 radical (unpaired) electrons. The fourth-order valence-electron chi connectivity index (χ4n) is 2.91. The van der Waals surface area contributed by atoms with E-state index in [1.807, 2.05) is 38.1 Å². The van der Waals surface area contributed by atoms with Gasteiger partial charge in [-0.3, -0.25) is 4.79 Å². The lowest BCUT2D eigenvalue weighted by atomic mass is 10.0. The van der Waals surface area contributed by atoms with Gasteiger partial charge in [0.2, 0.25) is 0 Å². The standard InChI is InChI=1S/C16H20N4O2/c1-11-12-6-4-5-7-13(12)14(19-18-11)20-8-9-22-16(2,10-20)15(21)17-3/h4-7H,8-10H2,1-3H3,(H,17,21)/t16-/m0/s1.